The van der Waals surface area contributed by atoms with E-state index in [2.05, 4.69) is 0 Å². The Morgan fingerprint density at radius 1 is 1.16 bits per heavy atom. The van der Waals surface area contributed by atoms with Crippen molar-refractivity contribution in [1.29, 1.82) is 5.41 Å². The van der Waals surface area contributed by atoms with Gasteiger partial charge in [-0.05, 0) is 24.3 Å². The third-order valence-corrected chi connectivity index (χ3v) is 2.35. The molecule has 19 heavy (non-hydrogen) atoms. The maximum Gasteiger partial charge on any atom is 0.416 e. The molecule has 0 amide bonds. The van der Waals surface area contributed by atoms with Crippen molar-refractivity contribution in [3.8, 4) is 11.3 Å². The Morgan fingerprint density at radius 2 is 1.84 bits per heavy atom. The molecular formula is C12H10ClF3N2O. The zero-order chi connectivity index (χ0) is 13.3. The molecule has 1 heterocycles. The predicted molar refractivity (Wildman–Crippen MR) is 67.4 cm³/mol. The molecule has 0 fully saturated rings. The van der Waals surface area contributed by atoms with Gasteiger partial charge in [0.05, 0.1) is 5.56 Å². The van der Waals surface area contributed by atoms with E-state index in [9.17, 15) is 13.2 Å². The standard InChI is InChI=1S/C12H9F3N2O.ClH/c13-12(14,15)8-3-1-2-7(6-8)9-4-5-10(18-9)11(16)17;/h1-6H,(H3,16,17);1H. The Bertz CT molecular complexity index is 593. The quantitative estimate of drug-likeness (QED) is 0.655. The molecule has 102 valence electrons. The van der Waals surface area contributed by atoms with Gasteiger partial charge in [0, 0.05) is 5.56 Å². The lowest BCUT2D eigenvalue weighted by Gasteiger charge is -2.07. The molecule has 0 aliphatic carbocycles. The number of nitrogens with one attached hydrogen (secondary N) is 1. The molecule has 0 aliphatic heterocycles. The highest BCUT2D eigenvalue weighted by Crippen LogP contribution is 2.32. The van der Waals surface area contributed by atoms with Crippen LogP contribution in [0.25, 0.3) is 11.3 Å². The summed E-state index contributed by atoms with van der Waals surface area (Å²) < 4.78 is 42.8. The summed E-state index contributed by atoms with van der Waals surface area (Å²) in [4.78, 5) is 0. The lowest BCUT2D eigenvalue weighted by atomic mass is 10.1. The van der Waals surface area contributed by atoms with Crippen LogP contribution in [-0.2, 0) is 6.18 Å². The average molecular weight is 291 g/mol. The Kier molecular flexibility index (Phi) is 4.26. The Balaban J connectivity index is 0.00000180. The molecular weight excluding hydrogens is 281 g/mol. The van der Waals surface area contributed by atoms with Gasteiger partial charge in [0.25, 0.3) is 0 Å². The molecule has 0 aliphatic rings. The van der Waals surface area contributed by atoms with E-state index < -0.39 is 11.7 Å². The van der Waals surface area contributed by atoms with Crippen molar-refractivity contribution < 1.29 is 17.6 Å². The number of amidine groups is 1. The molecule has 7 heteroatoms. The molecule has 0 saturated heterocycles. The number of halogens is 4. The van der Waals surface area contributed by atoms with Gasteiger partial charge in [-0.15, -0.1) is 12.4 Å². The number of hydrogen-bond donors (Lipinski definition) is 2. The van der Waals surface area contributed by atoms with Crippen molar-refractivity contribution in [3.05, 3.63) is 47.7 Å². The molecule has 0 atom stereocenters. The zero-order valence-electron chi connectivity index (χ0n) is 9.49. The fourth-order valence-electron chi connectivity index (χ4n) is 1.49. The van der Waals surface area contributed by atoms with Crippen LogP contribution in [0.15, 0.2) is 40.8 Å². The smallest absolute Gasteiger partial charge is 0.416 e. The number of nitrogen functional groups attached to an aromatic ring is 1. The summed E-state index contributed by atoms with van der Waals surface area (Å²) in [5.74, 6) is 0.0990. The SMILES string of the molecule is Cl.N=C(N)c1ccc(-c2cccc(C(F)(F)F)c2)o1. The topological polar surface area (TPSA) is 63.0 Å². The van der Waals surface area contributed by atoms with Crippen LogP contribution >= 0.6 is 12.4 Å². The first-order chi connectivity index (χ1) is 8.38. The summed E-state index contributed by atoms with van der Waals surface area (Å²) in [6.07, 6.45) is -4.40. The van der Waals surface area contributed by atoms with Crippen molar-refractivity contribution >= 4 is 18.2 Å². The van der Waals surface area contributed by atoms with Crippen LogP contribution in [0.5, 0.6) is 0 Å². The van der Waals surface area contributed by atoms with Gasteiger partial charge < -0.3 is 10.2 Å². The summed E-state index contributed by atoms with van der Waals surface area (Å²) in [6, 6.07) is 7.69. The van der Waals surface area contributed by atoms with Crippen molar-refractivity contribution in [2.45, 2.75) is 6.18 Å². The van der Waals surface area contributed by atoms with Crippen LogP contribution < -0.4 is 5.73 Å². The van der Waals surface area contributed by atoms with Crippen molar-refractivity contribution in [1.82, 2.24) is 0 Å². The summed E-state index contributed by atoms with van der Waals surface area (Å²) in [7, 11) is 0. The van der Waals surface area contributed by atoms with Crippen LogP contribution in [0.4, 0.5) is 13.2 Å². The summed E-state index contributed by atoms with van der Waals surface area (Å²) in [5.41, 5.74) is 4.75. The van der Waals surface area contributed by atoms with E-state index in [1.807, 2.05) is 0 Å². The van der Waals surface area contributed by atoms with Crippen molar-refractivity contribution in [2.75, 3.05) is 0 Å². The lowest BCUT2D eigenvalue weighted by Crippen LogP contribution is -2.09. The van der Waals surface area contributed by atoms with E-state index in [4.69, 9.17) is 15.6 Å². The van der Waals surface area contributed by atoms with Gasteiger partial charge in [0.1, 0.15) is 5.76 Å². The van der Waals surface area contributed by atoms with Gasteiger partial charge in [-0.1, -0.05) is 12.1 Å². The minimum Gasteiger partial charge on any atom is -0.453 e. The van der Waals surface area contributed by atoms with Crippen LogP contribution in [0.2, 0.25) is 0 Å². The van der Waals surface area contributed by atoms with E-state index >= 15 is 0 Å². The maximum absolute atomic E-state index is 12.5. The Morgan fingerprint density at radius 3 is 2.37 bits per heavy atom. The number of alkyl halides is 3. The predicted octanol–water partition coefficient (Wildman–Crippen LogP) is 3.67. The van der Waals surface area contributed by atoms with E-state index in [0.29, 0.717) is 0 Å². The molecule has 3 nitrogen and oxygen atoms in total. The van der Waals surface area contributed by atoms with Crippen molar-refractivity contribution in [2.24, 2.45) is 5.73 Å². The van der Waals surface area contributed by atoms with Gasteiger partial charge in [-0.25, -0.2) is 0 Å². The van der Waals surface area contributed by atoms with E-state index in [0.717, 1.165) is 12.1 Å². The van der Waals surface area contributed by atoms with Gasteiger partial charge in [0.15, 0.2) is 11.6 Å². The van der Waals surface area contributed by atoms with Crippen LogP contribution in [0.1, 0.15) is 11.3 Å². The second kappa shape index (κ2) is 5.36. The Hall–Kier alpha value is -1.95. The number of furan rings is 1. The first-order valence-electron chi connectivity index (χ1n) is 5.00. The molecule has 0 unspecified atom stereocenters. The highest BCUT2D eigenvalue weighted by molar-refractivity contribution is 5.92. The molecule has 0 bridgehead atoms. The van der Waals surface area contributed by atoms with Gasteiger partial charge in [-0.3, -0.25) is 5.41 Å². The van der Waals surface area contributed by atoms with Crippen LogP contribution in [-0.4, -0.2) is 5.84 Å². The number of hydrogen-bond acceptors (Lipinski definition) is 2. The summed E-state index contributed by atoms with van der Waals surface area (Å²) in [6.45, 7) is 0. The molecule has 1 aromatic carbocycles. The molecule has 2 aromatic rings. The van der Waals surface area contributed by atoms with Gasteiger partial charge in [0.2, 0.25) is 0 Å². The minimum atomic E-state index is -4.40. The molecule has 0 saturated carbocycles. The van der Waals surface area contributed by atoms with Crippen LogP contribution in [0, 0.1) is 5.41 Å². The van der Waals surface area contributed by atoms with Crippen molar-refractivity contribution in [3.63, 3.8) is 0 Å². The fraction of sp³-hybridized carbons (Fsp3) is 0.0833. The maximum atomic E-state index is 12.5. The number of nitrogens with two attached hydrogens (primary N) is 1. The first-order valence-corrected chi connectivity index (χ1v) is 5.00. The summed E-state index contributed by atoms with van der Waals surface area (Å²) >= 11 is 0. The third-order valence-electron chi connectivity index (χ3n) is 2.35. The van der Waals surface area contributed by atoms with E-state index in [1.165, 1.54) is 24.3 Å². The average Bonchev–Trinajstić information content (AvgIpc) is 2.77. The minimum absolute atomic E-state index is 0. The number of benzene rings is 1. The highest BCUT2D eigenvalue weighted by atomic mass is 35.5. The van der Waals surface area contributed by atoms with E-state index in [1.54, 1.807) is 0 Å². The molecule has 0 radical (unpaired) electrons. The normalized spacial score (nSPS) is 10.9. The largest absolute Gasteiger partial charge is 0.453 e. The molecule has 3 N–H and O–H groups in total. The molecule has 0 spiro atoms. The monoisotopic (exact) mass is 290 g/mol. The lowest BCUT2D eigenvalue weighted by molar-refractivity contribution is -0.137. The fourth-order valence-corrected chi connectivity index (χ4v) is 1.49. The second-order valence-corrected chi connectivity index (χ2v) is 3.66. The summed E-state index contributed by atoms with van der Waals surface area (Å²) in [5, 5.41) is 7.16. The van der Waals surface area contributed by atoms with E-state index in [-0.39, 0.29) is 35.3 Å². The third kappa shape index (κ3) is 3.29. The Labute approximate surface area is 113 Å². The second-order valence-electron chi connectivity index (χ2n) is 3.66. The van der Waals surface area contributed by atoms with Gasteiger partial charge >= 0.3 is 6.18 Å². The zero-order valence-corrected chi connectivity index (χ0v) is 10.3. The van der Waals surface area contributed by atoms with Crippen LogP contribution in [0.3, 0.4) is 0 Å². The van der Waals surface area contributed by atoms with Gasteiger partial charge in [-0.2, -0.15) is 13.2 Å². The molecule has 2 rings (SSSR count). The molecule has 1 aromatic heterocycles. The first kappa shape index (κ1) is 15.1. The number of rotatable bonds is 2. The highest BCUT2D eigenvalue weighted by Gasteiger charge is 2.30.